The molecule has 5 nitrogen and oxygen atoms in total. The van der Waals surface area contributed by atoms with Gasteiger partial charge in [-0.05, 0) is 42.7 Å². The molecule has 0 atom stereocenters. The molecule has 1 aliphatic heterocycles. The van der Waals surface area contributed by atoms with Crippen molar-refractivity contribution in [3.05, 3.63) is 64.6 Å². The maximum Gasteiger partial charge on any atom is 0.306 e. The summed E-state index contributed by atoms with van der Waals surface area (Å²) < 4.78 is 6.07. The molecule has 0 aliphatic carbocycles. The predicted molar refractivity (Wildman–Crippen MR) is 125 cm³/mol. The van der Waals surface area contributed by atoms with Gasteiger partial charge in [-0.1, -0.05) is 67.7 Å². The van der Waals surface area contributed by atoms with Crippen molar-refractivity contribution in [1.29, 1.82) is 0 Å². The Bertz CT molecular complexity index is 969. The number of hydrogen-bond acceptors (Lipinski definition) is 5. The first kappa shape index (κ1) is 22.1. The molecule has 0 unspecified atom stereocenters. The molecule has 0 bridgehead atoms. The van der Waals surface area contributed by atoms with Crippen LogP contribution in [0.3, 0.4) is 0 Å². The number of carbonyl (C=O) groups excluding carboxylic acids is 1. The molecule has 0 radical (unpaired) electrons. The third-order valence-corrected chi connectivity index (χ3v) is 5.89. The highest BCUT2D eigenvalue weighted by Crippen LogP contribution is 2.37. The molecule has 1 heterocycles. The van der Waals surface area contributed by atoms with Gasteiger partial charge in [0.2, 0.25) is 0 Å². The molecule has 0 spiro atoms. The third-order valence-electron chi connectivity index (χ3n) is 4.59. The lowest BCUT2D eigenvalue weighted by atomic mass is 10.1. The van der Waals surface area contributed by atoms with Crippen LogP contribution in [0.2, 0.25) is 0 Å². The standard InChI is InChI=1S/C23H23NO4S2/c1-2-3-6-16-9-11-18(12-10-16)24-22(27)20(30-23(24)29)15-17-7-4-5-8-19(17)28-14-13-21(25)26/h4-5,7-12,15H,2-3,6,13-14H2,1H3,(H,25,26)/b20-15+. The Kier molecular flexibility index (Phi) is 7.65. The van der Waals surface area contributed by atoms with E-state index in [1.165, 1.54) is 17.3 Å². The minimum Gasteiger partial charge on any atom is -0.492 e. The zero-order valence-corrected chi connectivity index (χ0v) is 18.3. The minimum absolute atomic E-state index is 0.0610. The summed E-state index contributed by atoms with van der Waals surface area (Å²) in [5.74, 6) is -0.565. The lowest BCUT2D eigenvalue weighted by Crippen LogP contribution is -2.27. The average molecular weight is 442 g/mol. The molecule has 2 aromatic rings. The molecule has 0 saturated carbocycles. The summed E-state index contributed by atoms with van der Waals surface area (Å²) in [4.78, 5) is 25.8. The fraction of sp³-hybridized carbons (Fsp3) is 0.261. The zero-order chi connectivity index (χ0) is 21.5. The maximum atomic E-state index is 13.0. The lowest BCUT2D eigenvalue weighted by molar-refractivity contribution is -0.137. The average Bonchev–Trinajstić information content (AvgIpc) is 3.01. The van der Waals surface area contributed by atoms with Crippen molar-refractivity contribution in [3.63, 3.8) is 0 Å². The number of unbranched alkanes of at least 4 members (excludes halogenated alkanes) is 1. The highest BCUT2D eigenvalue weighted by molar-refractivity contribution is 8.27. The van der Waals surface area contributed by atoms with Crippen LogP contribution in [0.4, 0.5) is 5.69 Å². The van der Waals surface area contributed by atoms with Crippen LogP contribution in [0.5, 0.6) is 5.75 Å². The molecule has 156 valence electrons. The summed E-state index contributed by atoms with van der Waals surface area (Å²) in [6.45, 7) is 2.22. The van der Waals surface area contributed by atoms with Crippen LogP contribution in [-0.4, -0.2) is 27.9 Å². The van der Waals surface area contributed by atoms with Crippen molar-refractivity contribution in [2.75, 3.05) is 11.5 Å². The van der Waals surface area contributed by atoms with Crippen molar-refractivity contribution in [2.24, 2.45) is 0 Å². The van der Waals surface area contributed by atoms with Crippen LogP contribution in [-0.2, 0) is 16.0 Å². The molecule has 30 heavy (non-hydrogen) atoms. The highest BCUT2D eigenvalue weighted by Gasteiger charge is 2.33. The molecule has 7 heteroatoms. The van der Waals surface area contributed by atoms with Crippen LogP contribution in [0, 0.1) is 0 Å². The number of rotatable bonds is 9. The number of anilines is 1. The van der Waals surface area contributed by atoms with E-state index in [1.54, 1.807) is 23.1 Å². The van der Waals surface area contributed by atoms with Gasteiger partial charge in [0, 0.05) is 5.56 Å². The third kappa shape index (κ3) is 5.49. The van der Waals surface area contributed by atoms with Crippen molar-refractivity contribution in [3.8, 4) is 5.75 Å². The van der Waals surface area contributed by atoms with Gasteiger partial charge in [-0.15, -0.1) is 0 Å². The second-order valence-electron chi connectivity index (χ2n) is 6.82. The number of benzene rings is 2. The molecular weight excluding hydrogens is 418 g/mol. The molecule has 1 aliphatic rings. The number of nitrogens with zero attached hydrogens (tertiary/aromatic N) is 1. The molecule has 2 aromatic carbocycles. The fourth-order valence-corrected chi connectivity index (χ4v) is 4.29. The number of amides is 1. The molecule has 1 fully saturated rings. The first-order chi connectivity index (χ1) is 14.5. The lowest BCUT2D eigenvalue weighted by Gasteiger charge is -2.15. The number of ether oxygens (including phenoxy) is 1. The number of thioether (sulfide) groups is 1. The maximum absolute atomic E-state index is 13.0. The fourth-order valence-electron chi connectivity index (χ4n) is 3.00. The largest absolute Gasteiger partial charge is 0.492 e. The van der Waals surface area contributed by atoms with Crippen molar-refractivity contribution < 1.29 is 19.4 Å². The highest BCUT2D eigenvalue weighted by atomic mass is 32.2. The zero-order valence-electron chi connectivity index (χ0n) is 16.7. The van der Waals surface area contributed by atoms with Gasteiger partial charge in [0.15, 0.2) is 4.32 Å². The first-order valence-electron chi connectivity index (χ1n) is 9.80. The second-order valence-corrected chi connectivity index (χ2v) is 8.49. The minimum atomic E-state index is -0.922. The number of aliphatic carboxylic acids is 1. The Morgan fingerprint density at radius 2 is 1.93 bits per heavy atom. The molecule has 3 rings (SSSR count). The Morgan fingerprint density at radius 1 is 1.20 bits per heavy atom. The summed E-state index contributed by atoms with van der Waals surface area (Å²) in [5.41, 5.74) is 2.71. The van der Waals surface area contributed by atoms with Gasteiger partial charge in [0.05, 0.1) is 23.6 Å². The normalized spacial score (nSPS) is 15.1. The van der Waals surface area contributed by atoms with Gasteiger partial charge in [-0.3, -0.25) is 14.5 Å². The van der Waals surface area contributed by atoms with Gasteiger partial charge in [-0.2, -0.15) is 0 Å². The Hall–Kier alpha value is -2.64. The van der Waals surface area contributed by atoms with Crippen LogP contribution < -0.4 is 9.64 Å². The summed E-state index contributed by atoms with van der Waals surface area (Å²) in [5, 5.41) is 8.79. The number of thiocarbonyl (C=S) groups is 1. The van der Waals surface area contributed by atoms with Gasteiger partial charge >= 0.3 is 5.97 Å². The second kappa shape index (κ2) is 10.4. The molecular formula is C23H23NO4S2. The quantitative estimate of drug-likeness (QED) is 0.421. The van der Waals surface area contributed by atoms with E-state index in [1.807, 2.05) is 36.4 Å². The number of aryl methyl sites for hydroxylation is 1. The summed E-state index contributed by atoms with van der Waals surface area (Å²) >= 11 is 6.70. The van der Waals surface area contributed by atoms with E-state index >= 15 is 0 Å². The van der Waals surface area contributed by atoms with Gasteiger partial charge in [0.1, 0.15) is 5.75 Å². The number of carboxylic acids is 1. The van der Waals surface area contributed by atoms with Gasteiger partial charge < -0.3 is 9.84 Å². The first-order valence-corrected chi connectivity index (χ1v) is 11.0. The Balaban J connectivity index is 1.78. The summed E-state index contributed by atoms with van der Waals surface area (Å²) in [6.07, 6.45) is 4.95. The van der Waals surface area contributed by atoms with E-state index in [0.29, 0.717) is 20.5 Å². The van der Waals surface area contributed by atoms with Crippen LogP contribution in [0.15, 0.2) is 53.4 Å². The van der Waals surface area contributed by atoms with Crippen LogP contribution >= 0.6 is 24.0 Å². The Labute approximate surface area is 185 Å². The van der Waals surface area contributed by atoms with Crippen molar-refractivity contribution in [2.45, 2.75) is 32.6 Å². The van der Waals surface area contributed by atoms with Gasteiger partial charge in [0.25, 0.3) is 5.91 Å². The van der Waals surface area contributed by atoms with E-state index in [9.17, 15) is 9.59 Å². The summed E-state index contributed by atoms with van der Waals surface area (Å²) in [7, 11) is 0. The van der Waals surface area contributed by atoms with E-state index in [2.05, 4.69) is 6.92 Å². The van der Waals surface area contributed by atoms with E-state index in [4.69, 9.17) is 22.1 Å². The predicted octanol–water partition coefficient (Wildman–Crippen LogP) is 5.29. The van der Waals surface area contributed by atoms with E-state index in [0.717, 1.165) is 24.9 Å². The molecule has 1 N–H and O–H groups in total. The van der Waals surface area contributed by atoms with Crippen LogP contribution in [0.25, 0.3) is 6.08 Å². The number of carboxylic acid groups (broad SMARTS) is 1. The monoisotopic (exact) mass is 441 g/mol. The number of hydrogen-bond donors (Lipinski definition) is 1. The molecule has 1 amide bonds. The number of carbonyl (C=O) groups is 2. The smallest absolute Gasteiger partial charge is 0.306 e. The van der Waals surface area contributed by atoms with Crippen molar-refractivity contribution in [1.82, 2.24) is 0 Å². The summed E-state index contributed by atoms with van der Waals surface area (Å²) in [6, 6.07) is 15.2. The van der Waals surface area contributed by atoms with E-state index < -0.39 is 5.97 Å². The SMILES string of the molecule is CCCCc1ccc(N2C(=O)/C(=C\c3ccccc3OCCC(=O)O)SC2=S)cc1. The van der Waals surface area contributed by atoms with Crippen LogP contribution in [0.1, 0.15) is 37.3 Å². The topological polar surface area (TPSA) is 66.8 Å². The van der Waals surface area contributed by atoms with Gasteiger partial charge in [-0.25, -0.2) is 0 Å². The van der Waals surface area contributed by atoms with E-state index in [-0.39, 0.29) is 18.9 Å². The molecule has 1 saturated heterocycles. The van der Waals surface area contributed by atoms with Crippen molar-refractivity contribution >= 4 is 51.9 Å². The molecule has 0 aromatic heterocycles. The Morgan fingerprint density at radius 3 is 2.63 bits per heavy atom. The number of para-hydroxylation sites is 1.